The van der Waals surface area contributed by atoms with E-state index in [4.69, 9.17) is 0 Å². The van der Waals surface area contributed by atoms with Gasteiger partial charge in [-0.2, -0.15) is 0 Å². The summed E-state index contributed by atoms with van der Waals surface area (Å²) >= 11 is 6.44. The molecule has 0 aromatic heterocycles. The zero-order valence-electron chi connectivity index (χ0n) is 1.96. The first-order valence-corrected chi connectivity index (χ1v) is 8.33. The topological polar surface area (TPSA) is 31.5 Å². The van der Waals surface area contributed by atoms with Crippen molar-refractivity contribution in [2.75, 3.05) is 0 Å². The fraction of sp³-hybridized carbons (Fsp3) is 0. The molecule has 0 rings (SSSR count). The molecule has 0 fully saturated rings. The molecule has 1 nitrogen and oxygen atoms in total. The Morgan fingerprint density at radius 2 is 1.25 bits per heavy atom. The molecule has 24 valence electrons. The molecule has 0 bridgehead atoms. The smallest absolute Gasteiger partial charge is 0.412 e. The average molecular weight is 202 g/mol. The summed E-state index contributed by atoms with van der Waals surface area (Å²) < 4.78 is 0. The zero-order chi connectivity index (χ0) is 2.71. The molecule has 4 heteroatoms. The molecule has 0 unspecified atom stereocenters. The van der Waals surface area contributed by atoms with Crippen LogP contribution in [-0.4, -0.2) is 21.5 Å². The lowest BCUT2D eigenvalue weighted by atomic mass is 16.0. The zero-order valence-corrected chi connectivity index (χ0v) is 6.55. The maximum Gasteiger partial charge on any atom is 0.560 e. The summed E-state index contributed by atoms with van der Waals surface area (Å²) in [5.41, 5.74) is 0. The van der Waals surface area contributed by atoms with E-state index in [0.29, 0.717) is 0 Å². The Bertz CT molecular complexity index is 6.00. The van der Waals surface area contributed by atoms with Crippen molar-refractivity contribution in [1.82, 2.24) is 0 Å². The Morgan fingerprint density at radius 1 is 1.25 bits per heavy atom. The lowest BCUT2D eigenvalue weighted by molar-refractivity contribution is 0.824. The highest BCUT2D eigenvalue weighted by atomic mass is 79.9. The van der Waals surface area contributed by atoms with Crippen molar-refractivity contribution in [3.63, 3.8) is 0 Å². The van der Waals surface area contributed by atoms with Crippen molar-refractivity contribution in [1.29, 1.82) is 0 Å². The first-order chi connectivity index (χ1) is 1.41. The van der Waals surface area contributed by atoms with Gasteiger partial charge in [0.15, 0.2) is 0 Å². The maximum absolute atomic E-state index is 3.20. The second-order valence-corrected chi connectivity index (χ2v) is 8.18. The predicted molar refractivity (Wildman–Crippen MR) is 27.2 cm³/mol. The Labute approximate surface area is 46.9 Å². The Kier molecular flexibility index (Phi) is 20.3. The Hall–Kier alpha value is 1.69. The molecule has 2 N–H and O–H groups in total. The minimum Gasteiger partial charge on any atom is -0.412 e. The van der Waals surface area contributed by atoms with Gasteiger partial charge in [-0.15, -0.1) is 0 Å². The molecule has 0 atom stereocenters. The van der Waals surface area contributed by atoms with E-state index in [1.807, 2.05) is 0 Å². The number of rotatable bonds is 0. The van der Waals surface area contributed by atoms with Crippen molar-refractivity contribution in [3.05, 3.63) is 0 Å². The van der Waals surface area contributed by atoms with Crippen LogP contribution in [0.4, 0.5) is 0 Å². The van der Waals surface area contributed by atoms with Gasteiger partial charge in [0.25, 0.3) is 0 Å². The molecule has 0 spiro atoms. The van der Waals surface area contributed by atoms with E-state index in [2.05, 4.69) is 25.8 Å². The minimum atomic E-state index is 0. The quantitative estimate of drug-likeness (QED) is 0.512. The predicted octanol–water partition coefficient (Wildman–Crippen LogP) is 0.486. The SMILES string of the molecule is O.[Br][Mg][Br]. The van der Waals surface area contributed by atoms with Crippen LogP contribution in [0.15, 0.2) is 0 Å². The van der Waals surface area contributed by atoms with Crippen molar-refractivity contribution < 1.29 is 5.48 Å². The minimum absolute atomic E-state index is 0. The van der Waals surface area contributed by atoms with Gasteiger partial charge < -0.3 is 5.48 Å². The fourth-order valence-electron chi connectivity index (χ4n) is 0. The van der Waals surface area contributed by atoms with Gasteiger partial charge in [-0.1, -0.05) is 0 Å². The highest BCUT2D eigenvalue weighted by Crippen LogP contribution is 1.77. The molecule has 0 heterocycles. The van der Waals surface area contributed by atoms with Crippen LogP contribution in [-0.2, 0) is 0 Å². The summed E-state index contributed by atoms with van der Waals surface area (Å²) in [7, 11) is 0. The lowest BCUT2D eigenvalue weighted by Gasteiger charge is -1.33. The highest BCUT2D eigenvalue weighted by molar-refractivity contribution is 9.47. The molecule has 4 heavy (non-hydrogen) atoms. The molecule has 0 aromatic carbocycles. The third kappa shape index (κ3) is 9.35. The average Bonchev–Trinajstić information content (AvgIpc) is 0.918. The van der Waals surface area contributed by atoms with E-state index in [9.17, 15) is 0 Å². The first kappa shape index (κ1) is 9.19. The van der Waals surface area contributed by atoms with Crippen molar-refractivity contribution in [3.8, 4) is 0 Å². The van der Waals surface area contributed by atoms with Crippen LogP contribution in [0.5, 0.6) is 0 Å². The van der Waals surface area contributed by atoms with Crippen molar-refractivity contribution in [2.24, 2.45) is 0 Å². The third-order valence-corrected chi connectivity index (χ3v) is 0. The molecular formula is H2Br2MgO. The van der Waals surface area contributed by atoms with Crippen LogP contribution in [0, 0.1) is 0 Å². The van der Waals surface area contributed by atoms with Crippen LogP contribution in [0.1, 0.15) is 0 Å². The molecule has 0 radical (unpaired) electrons. The molecule has 0 aliphatic heterocycles. The van der Waals surface area contributed by atoms with Gasteiger partial charge >= 0.3 is 16.0 Å². The highest BCUT2D eigenvalue weighted by Gasteiger charge is 1.62. The lowest BCUT2D eigenvalue weighted by Crippen LogP contribution is -1.31. The van der Waals surface area contributed by atoms with Crippen LogP contribution in [0.2, 0.25) is 0 Å². The van der Waals surface area contributed by atoms with E-state index in [1.165, 1.54) is 0 Å². The summed E-state index contributed by atoms with van der Waals surface area (Å²) in [4.78, 5) is 0. The summed E-state index contributed by atoms with van der Waals surface area (Å²) in [5, 5.41) is 0. The van der Waals surface area contributed by atoms with Gasteiger partial charge in [0.05, 0.1) is 0 Å². The molecule has 0 aromatic rings. The Balaban J connectivity index is 0. The van der Waals surface area contributed by atoms with Crippen molar-refractivity contribution in [2.45, 2.75) is 0 Å². The van der Waals surface area contributed by atoms with Gasteiger partial charge in [-0.05, 0) is 0 Å². The molecule has 0 aliphatic rings. The fourth-order valence-corrected chi connectivity index (χ4v) is 0. The summed E-state index contributed by atoms with van der Waals surface area (Å²) in [6, 6.07) is 0. The van der Waals surface area contributed by atoms with Crippen LogP contribution in [0.3, 0.4) is 0 Å². The van der Waals surface area contributed by atoms with Crippen LogP contribution < -0.4 is 0 Å². The standard InChI is InChI=1S/2BrH.Mg.H2O/h2*1H;;1H2/q;;+2;/p-2. The third-order valence-electron chi connectivity index (χ3n) is 0. The number of hydrogen-bond acceptors (Lipinski definition) is 0. The van der Waals surface area contributed by atoms with Crippen LogP contribution in [0.25, 0.3) is 0 Å². The summed E-state index contributed by atoms with van der Waals surface area (Å²) in [6.45, 7) is 0. The molecule has 0 amide bonds. The van der Waals surface area contributed by atoms with E-state index in [1.54, 1.807) is 0 Å². The largest absolute Gasteiger partial charge is 0.560 e. The van der Waals surface area contributed by atoms with Gasteiger partial charge in [0, 0.05) is 0 Å². The summed E-state index contributed by atoms with van der Waals surface area (Å²) in [5.74, 6) is 0. The molecule has 0 aliphatic carbocycles. The second-order valence-electron chi connectivity index (χ2n) is 0.101. The first-order valence-electron chi connectivity index (χ1n) is 0.535. The number of halogens is 2. The van der Waals surface area contributed by atoms with Crippen molar-refractivity contribution >= 4 is 41.8 Å². The number of hydrogen-bond donors (Lipinski definition) is 0. The van der Waals surface area contributed by atoms with E-state index in [0.717, 1.165) is 0 Å². The van der Waals surface area contributed by atoms with Gasteiger partial charge in [-0.3, -0.25) is 25.8 Å². The van der Waals surface area contributed by atoms with E-state index in [-0.39, 0.29) is 21.5 Å². The van der Waals surface area contributed by atoms with Crippen LogP contribution >= 0.6 is 25.8 Å². The van der Waals surface area contributed by atoms with E-state index < -0.39 is 0 Å². The maximum atomic E-state index is 3.20. The van der Waals surface area contributed by atoms with E-state index >= 15 is 0 Å². The molecular weight excluding hydrogens is 200 g/mol. The second kappa shape index (κ2) is 8.82. The summed E-state index contributed by atoms with van der Waals surface area (Å²) in [6.07, 6.45) is 0. The Morgan fingerprint density at radius 3 is 1.25 bits per heavy atom. The molecule has 0 saturated heterocycles. The normalized spacial score (nSPS) is 2.50. The van der Waals surface area contributed by atoms with Gasteiger partial charge in [0.1, 0.15) is 0 Å². The van der Waals surface area contributed by atoms with Gasteiger partial charge in [-0.25, -0.2) is 0 Å². The molecule has 0 saturated carbocycles. The van der Waals surface area contributed by atoms with Gasteiger partial charge in [0.2, 0.25) is 0 Å². The monoisotopic (exact) mass is 200 g/mol.